The van der Waals surface area contributed by atoms with Crippen molar-refractivity contribution in [3.05, 3.63) is 24.0 Å². The molecule has 0 spiro atoms. The molecule has 1 rings (SSSR count). The summed E-state index contributed by atoms with van der Waals surface area (Å²) in [4.78, 5) is 0. The van der Waals surface area contributed by atoms with Gasteiger partial charge >= 0.3 is 0 Å². The molecule has 0 fully saturated rings. The highest BCUT2D eigenvalue weighted by atomic mass is 15.0. The van der Waals surface area contributed by atoms with E-state index >= 15 is 0 Å². The average molecular weight is 222 g/mol. The SMILES string of the molecule is CCCCCCCCn1cccc1CNC. The summed E-state index contributed by atoms with van der Waals surface area (Å²) >= 11 is 0. The highest BCUT2D eigenvalue weighted by Gasteiger charge is 1.98. The maximum atomic E-state index is 3.21. The van der Waals surface area contributed by atoms with Gasteiger partial charge < -0.3 is 9.88 Å². The summed E-state index contributed by atoms with van der Waals surface area (Å²) in [6.07, 6.45) is 10.4. The van der Waals surface area contributed by atoms with Crippen molar-refractivity contribution in [2.45, 2.75) is 58.5 Å². The lowest BCUT2D eigenvalue weighted by Crippen LogP contribution is -2.10. The molecule has 1 N–H and O–H groups in total. The molecule has 1 heterocycles. The number of unbranched alkanes of at least 4 members (excludes halogenated alkanes) is 5. The second-order valence-corrected chi connectivity index (χ2v) is 4.49. The van der Waals surface area contributed by atoms with Crippen LogP contribution in [-0.4, -0.2) is 11.6 Å². The van der Waals surface area contributed by atoms with Gasteiger partial charge in [0.1, 0.15) is 0 Å². The van der Waals surface area contributed by atoms with E-state index in [9.17, 15) is 0 Å². The summed E-state index contributed by atoms with van der Waals surface area (Å²) in [5.41, 5.74) is 1.40. The van der Waals surface area contributed by atoms with Crippen LogP contribution in [0.3, 0.4) is 0 Å². The van der Waals surface area contributed by atoms with Gasteiger partial charge in [0.25, 0.3) is 0 Å². The molecule has 0 atom stereocenters. The fourth-order valence-corrected chi connectivity index (χ4v) is 2.07. The van der Waals surface area contributed by atoms with Gasteiger partial charge in [0.05, 0.1) is 0 Å². The highest BCUT2D eigenvalue weighted by molar-refractivity contribution is 5.06. The molecule has 2 heteroatoms. The van der Waals surface area contributed by atoms with Crippen molar-refractivity contribution >= 4 is 0 Å². The van der Waals surface area contributed by atoms with Crippen LogP contribution in [0.4, 0.5) is 0 Å². The number of aryl methyl sites for hydroxylation is 1. The van der Waals surface area contributed by atoms with Gasteiger partial charge in [-0.2, -0.15) is 0 Å². The molecular weight excluding hydrogens is 196 g/mol. The monoisotopic (exact) mass is 222 g/mol. The Hall–Kier alpha value is -0.760. The third-order valence-corrected chi connectivity index (χ3v) is 3.03. The van der Waals surface area contributed by atoms with Crippen molar-refractivity contribution in [2.24, 2.45) is 0 Å². The molecule has 0 aromatic carbocycles. The van der Waals surface area contributed by atoms with E-state index in [-0.39, 0.29) is 0 Å². The van der Waals surface area contributed by atoms with Crippen LogP contribution in [0.25, 0.3) is 0 Å². The van der Waals surface area contributed by atoms with Gasteiger partial charge in [0.2, 0.25) is 0 Å². The largest absolute Gasteiger partial charge is 0.350 e. The van der Waals surface area contributed by atoms with Crippen molar-refractivity contribution in [1.29, 1.82) is 0 Å². The van der Waals surface area contributed by atoms with Gasteiger partial charge in [-0.05, 0) is 25.6 Å². The fourth-order valence-electron chi connectivity index (χ4n) is 2.07. The van der Waals surface area contributed by atoms with Crippen molar-refractivity contribution in [3.63, 3.8) is 0 Å². The minimum Gasteiger partial charge on any atom is -0.350 e. The van der Waals surface area contributed by atoms with Gasteiger partial charge in [0.15, 0.2) is 0 Å². The molecular formula is C14H26N2. The first-order chi connectivity index (χ1) is 7.88. The lowest BCUT2D eigenvalue weighted by molar-refractivity contribution is 0.545. The Balaban J connectivity index is 2.13. The summed E-state index contributed by atoms with van der Waals surface area (Å²) in [7, 11) is 2.00. The van der Waals surface area contributed by atoms with Crippen LogP contribution >= 0.6 is 0 Å². The number of nitrogens with zero attached hydrogens (tertiary/aromatic N) is 1. The van der Waals surface area contributed by atoms with Crippen molar-refractivity contribution in [3.8, 4) is 0 Å². The van der Waals surface area contributed by atoms with Crippen LogP contribution in [0, 0.1) is 0 Å². The van der Waals surface area contributed by atoms with Crippen LogP contribution in [0.1, 0.15) is 51.1 Å². The second kappa shape index (κ2) is 8.40. The van der Waals surface area contributed by atoms with Crippen molar-refractivity contribution < 1.29 is 0 Å². The molecule has 0 saturated heterocycles. The number of hydrogen-bond donors (Lipinski definition) is 1. The average Bonchev–Trinajstić information content (AvgIpc) is 2.72. The van der Waals surface area contributed by atoms with Crippen LogP contribution in [0.5, 0.6) is 0 Å². The highest BCUT2D eigenvalue weighted by Crippen LogP contribution is 2.08. The van der Waals surface area contributed by atoms with E-state index in [0.29, 0.717) is 0 Å². The van der Waals surface area contributed by atoms with Crippen LogP contribution in [0.2, 0.25) is 0 Å². The predicted molar refractivity (Wildman–Crippen MR) is 70.6 cm³/mol. The standard InChI is InChI=1S/C14H26N2/c1-3-4-5-6-7-8-11-16-12-9-10-14(16)13-15-2/h9-10,12,15H,3-8,11,13H2,1-2H3. The summed E-state index contributed by atoms with van der Waals surface area (Å²) in [6.45, 7) is 4.42. The first-order valence-electron chi connectivity index (χ1n) is 6.67. The minimum absolute atomic E-state index is 0.975. The Bertz CT molecular complexity index is 265. The molecule has 2 nitrogen and oxygen atoms in total. The normalized spacial score (nSPS) is 10.9. The third kappa shape index (κ3) is 4.84. The summed E-state index contributed by atoms with van der Waals surface area (Å²) in [5, 5.41) is 3.21. The first-order valence-corrected chi connectivity index (χ1v) is 6.67. The molecule has 1 aromatic heterocycles. The molecule has 0 unspecified atom stereocenters. The van der Waals surface area contributed by atoms with E-state index in [0.717, 1.165) is 6.54 Å². The molecule has 0 aliphatic heterocycles. The molecule has 0 saturated carbocycles. The molecule has 0 radical (unpaired) electrons. The first kappa shape index (κ1) is 13.3. The number of rotatable bonds is 9. The molecule has 92 valence electrons. The maximum absolute atomic E-state index is 3.21. The predicted octanol–water partition coefficient (Wildman–Crippen LogP) is 3.57. The maximum Gasteiger partial charge on any atom is 0.0356 e. The molecule has 1 aromatic rings. The summed E-state index contributed by atoms with van der Waals surface area (Å²) < 4.78 is 2.37. The summed E-state index contributed by atoms with van der Waals surface area (Å²) in [6, 6.07) is 4.34. The Morgan fingerprint density at radius 2 is 1.88 bits per heavy atom. The fraction of sp³-hybridized carbons (Fsp3) is 0.714. The number of aromatic nitrogens is 1. The van der Waals surface area contributed by atoms with Gasteiger partial charge in [-0.15, -0.1) is 0 Å². The Morgan fingerprint density at radius 3 is 2.62 bits per heavy atom. The third-order valence-electron chi connectivity index (χ3n) is 3.03. The van der Waals surface area contributed by atoms with Crippen LogP contribution in [-0.2, 0) is 13.1 Å². The van der Waals surface area contributed by atoms with E-state index in [1.165, 1.54) is 50.8 Å². The second-order valence-electron chi connectivity index (χ2n) is 4.49. The Kier molecular flexibility index (Phi) is 6.98. The van der Waals surface area contributed by atoms with E-state index in [2.05, 4.69) is 35.1 Å². The zero-order valence-corrected chi connectivity index (χ0v) is 10.8. The lowest BCUT2D eigenvalue weighted by Gasteiger charge is -2.08. The van der Waals surface area contributed by atoms with E-state index in [1.807, 2.05) is 7.05 Å². The van der Waals surface area contributed by atoms with E-state index < -0.39 is 0 Å². The van der Waals surface area contributed by atoms with Gasteiger partial charge in [-0.1, -0.05) is 39.0 Å². The zero-order valence-electron chi connectivity index (χ0n) is 10.8. The minimum atomic E-state index is 0.975. The van der Waals surface area contributed by atoms with Crippen LogP contribution in [0.15, 0.2) is 18.3 Å². The lowest BCUT2D eigenvalue weighted by atomic mass is 10.1. The Morgan fingerprint density at radius 1 is 1.12 bits per heavy atom. The van der Waals surface area contributed by atoms with Gasteiger partial charge in [-0.25, -0.2) is 0 Å². The Labute approximate surface area is 100 Å². The molecule has 0 bridgehead atoms. The molecule has 0 amide bonds. The number of nitrogens with one attached hydrogen (secondary N) is 1. The van der Waals surface area contributed by atoms with E-state index in [4.69, 9.17) is 0 Å². The number of hydrogen-bond acceptors (Lipinski definition) is 1. The van der Waals surface area contributed by atoms with Gasteiger partial charge in [0, 0.05) is 25.0 Å². The van der Waals surface area contributed by atoms with E-state index in [1.54, 1.807) is 0 Å². The molecule has 16 heavy (non-hydrogen) atoms. The smallest absolute Gasteiger partial charge is 0.0356 e. The quantitative estimate of drug-likeness (QED) is 0.632. The molecule has 0 aliphatic carbocycles. The topological polar surface area (TPSA) is 17.0 Å². The van der Waals surface area contributed by atoms with Gasteiger partial charge in [-0.3, -0.25) is 0 Å². The summed E-state index contributed by atoms with van der Waals surface area (Å²) in [5.74, 6) is 0. The van der Waals surface area contributed by atoms with Crippen molar-refractivity contribution in [1.82, 2.24) is 9.88 Å². The van der Waals surface area contributed by atoms with Crippen LogP contribution < -0.4 is 5.32 Å². The van der Waals surface area contributed by atoms with Crippen molar-refractivity contribution in [2.75, 3.05) is 7.05 Å². The zero-order chi connectivity index (χ0) is 11.6. The molecule has 0 aliphatic rings.